The van der Waals surface area contributed by atoms with Gasteiger partial charge in [0.15, 0.2) is 0 Å². The van der Waals surface area contributed by atoms with Gasteiger partial charge in [0.1, 0.15) is 11.4 Å². The number of hydrogen-bond acceptors (Lipinski definition) is 4. The summed E-state index contributed by atoms with van der Waals surface area (Å²) in [5.41, 5.74) is 4.87. The number of phenolic OH excluding ortho intramolecular Hbond substituents is 1. The Morgan fingerprint density at radius 3 is 2.12 bits per heavy atom. The second-order valence-corrected chi connectivity index (χ2v) is 8.38. The number of benzene rings is 1. The average Bonchev–Trinajstić information content (AvgIpc) is 2.54. The van der Waals surface area contributed by atoms with Gasteiger partial charge in [-0.05, 0) is 40.7 Å². The van der Waals surface area contributed by atoms with Crippen LogP contribution >= 0.6 is 0 Å². The predicted octanol–water partition coefficient (Wildman–Crippen LogP) is 4.15. The van der Waals surface area contributed by atoms with Crippen molar-refractivity contribution in [2.45, 2.75) is 52.4 Å². The number of rotatable bonds is 3. The SMILES string of the molecule is CC(C)(C)c1cc(C=NNC(=O)c2ccccn2)cc(C(C)(C)C)c1O. The lowest BCUT2D eigenvalue weighted by atomic mass is 9.78. The van der Waals surface area contributed by atoms with Crippen molar-refractivity contribution in [3.05, 3.63) is 58.9 Å². The van der Waals surface area contributed by atoms with E-state index in [0.717, 1.165) is 16.7 Å². The van der Waals surface area contributed by atoms with Gasteiger partial charge in [0.05, 0.1) is 6.21 Å². The predicted molar refractivity (Wildman–Crippen MR) is 105 cm³/mol. The molecule has 0 aliphatic carbocycles. The van der Waals surface area contributed by atoms with Gasteiger partial charge in [-0.25, -0.2) is 5.43 Å². The topological polar surface area (TPSA) is 74.6 Å². The third kappa shape index (κ3) is 4.69. The fourth-order valence-electron chi connectivity index (χ4n) is 2.59. The van der Waals surface area contributed by atoms with E-state index in [1.54, 1.807) is 30.6 Å². The molecule has 1 aromatic heterocycles. The molecule has 0 bridgehead atoms. The zero-order valence-electron chi connectivity index (χ0n) is 16.3. The van der Waals surface area contributed by atoms with E-state index in [2.05, 4.69) is 57.1 Å². The van der Waals surface area contributed by atoms with E-state index in [9.17, 15) is 9.90 Å². The number of hydrazone groups is 1. The number of amides is 1. The lowest BCUT2D eigenvalue weighted by Gasteiger charge is -2.27. The summed E-state index contributed by atoms with van der Waals surface area (Å²) in [4.78, 5) is 16.0. The second kappa shape index (κ2) is 7.28. The van der Waals surface area contributed by atoms with Crippen molar-refractivity contribution < 1.29 is 9.90 Å². The number of nitrogens with one attached hydrogen (secondary N) is 1. The first kappa shape index (κ1) is 19.6. The van der Waals surface area contributed by atoms with Gasteiger partial charge in [-0.1, -0.05) is 47.6 Å². The quantitative estimate of drug-likeness (QED) is 0.643. The molecule has 0 atom stereocenters. The summed E-state index contributed by atoms with van der Waals surface area (Å²) in [7, 11) is 0. The van der Waals surface area contributed by atoms with Gasteiger partial charge in [-0.15, -0.1) is 0 Å². The van der Waals surface area contributed by atoms with Crippen molar-refractivity contribution in [2.24, 2.45) is 5.10 Å². The highest BCUT2D eigenvalue weighted by molar-refractivity contribution is 5.93. The van der Waals surface area contributed by atoms with Gasteiger partial charge in [0.25, 0.3) is 5.91 Å². The van der Waals surface area contributed by atoms with Crippen molar-refractivity contribution >= 4 is 12.1 Å². The number of pyridine rings is 1. The molecule has 2 aromatic rings. The highest BCUT2D eigenvalue weighted by Crippen LogP contribution is 2.39. The van der Waals surface area contributed by atoms with Crippen LogP contribution in [0.2, 0.25) is 0 Å². The first-order valence-electron chi connectivity index (χ1n) is 8.62. The zero-order valence-corrected chi connectivity index (χ0v) is 16.3. The number of carbonyl (C=O) groups is 1. The van der Waals surface area contributed by atoms with E-state index in [1.165, 1.54) is 0 Å². The molecule has 0 unspecified atom stereocenters. The molecule has 0 aliphatic heterocycles. The van der Waals surface area contributed by atoms with E-state index in [4.69, 9.17) is 0 Å². The maximum Gasteiger partial charge on any atom is 0.289 e. The number of aromatic nitrogens is 1. The van der Waals surface area contributed by atoms with Crippen LogP contribution in [0.15, 0.2) is 41.6 Å². The Kier molecular flexibility index (Phi) is 5.50. The molecule has 0 radical (unpaired) electrons. The van der Waals surface area contributed by atoms with E-state index in [1.807, 2.05) is 12.1 Å². The molecule has 1 aromatic carbocycles. The maximum absolute atomic E-state index is 12.0. The minimum atomic E-state index is -0.368. The van der Waals surface area contributed by atoms with Crippen molar-refractivity contribution in [3.8, 4) is 5.75 Å². The molecule has 138 valence electrons. The molecule has 5 nitrogen and oxygen atoms in total. The molecule has 0 saturated carbocycles. The van der Waals surface area contributed by atoms with E-state index >= 15 is 0 Å². The Bertz CT molecular complexity index is 778. The second-order valence-electron chi connectivity index (χ2n) is 8.38. The van der Waals surface area contributed by atoms with Crippen molar-refractivity contribution in [1.29, 1.82) is 0 Å². The van der Waals surface area contributed by atoms with Gasteiger partial charge < -0.3 is 5.11 Å². The van der Waals surface area contributed by atoms with E-state index in [-0.39, 0.29) is 16.7 Å². The summed E-state index contributed by atoms with van der Waals surface area (Å²) < 4.78 is 0. The molecule has 0 spiro atoms. The van der Waals surface area contributed by atoms with Crippen LogP contribution in [0.5, 0.6) is 5.75 Å². The molecule has 0 saturated heterocycles. The highest BCUT2D eigenvalue weighted by Gasteiger charge is 2.26. The summed E-state index contributed by atoms with van der Waals surface area (Å²) >= 11 is 0. The van der Waals surface area contributed by atoms with E-state index in [0.29, 0.717) is 11.4 Å². The summed E-state index contributed by atoms with van der Waals surface area (Å²) in [5, 5.41) is 14.8. The van der Waals surface area contributed by atoms with Crippen molar-refractivity contribution in [2.75, 3.05) is 0 Å². The summed E-state index contributed by atoms with van der Waals surface area (Å²) in [6.45, 7) is 12.3. The number of nitrogens with zero attached hydrogens (tertiary/aromatic N) is 2. The fourth-order valence-corrected chi connectivity index (χ4v) is 2.59. The number of phenols is 1. The molecule has 0 aliphatic rings. The number of carbonyl (C=O) groups excluding carboxylic acids is 1. The van der Waals surface area contributed by atoms with Crippen LogP contribution in [0.25, 0.3) is 0 Å². The fraction of sp³-hybridized carbons (Fsp3) is 0.381. The third-order valence-corrected chi connectivity index (χ3v) is 4.03. The Morgan fingerprint density at radius 1 is 1.08 bits per heavy atom. The molecule has 2 N–H and O–H groups in total. The minimum Gasteiger partial charge on any atom is -0.507 e. The van der Waals surface area contributed by atoms with Crippen LogP contribution < -0.4 is 5.43 Å². The Labute approximate surface area is 155 Å². The molecular weight excluding hydrogens is 326 g/mol. The average molecular weight is 353 g/mol. The Morgan fingerprint density at radius 2 is 1.65 bits per heavy atom. The van der Waals surface area contributed by atoms with Crippen LogP contribution in [0, 0.1) is 0 Å². The van der Waals surface area contributed by atoms with Gasteiger partial charge in [0, 0.05) is 17.3 Å². The van der Waals surface area contributed by atoms with Gasteiger partial charge in [-0.2, -0.15) is 5.10 Å². The first-order valence-corrected chi connectivity index (χ1v) is 8.62. The normalized spacial score (nSPS) is 12.4. The third-order valence-electron chi connectivity index (χ3n) is 4.03. The lowest BCUT2D eigenvalue weighted by Crippen LogP contribution is -2.19. The van der Waals surface area contributed by atoms with Gasteiger partial charge >= 0.3 is 0 Å². The van der Waals surface area contributed by atoms with Gasteiger partial charge in [0.2, 0.25) is 0 Å². The van der Waals surface area contributed by atoms with Crippen LogP contribution in [0.1, 0.15) is 68.7 Å². The van der Waals surface area contributed by atoms with Crippen LogP contribution in [0.3, 0.4) is 0 Å². The lowest BCUT2D eigenvalue weighted by molar-refractivity contribution is 0.0950. The number of hydrogen-bond donors (Lipinski definition) is 2. The Balaban J connectivity index is 2.33. The molecule has 5 heteroatoms. The smallest absolute Gasteiger partial charge is 0.289 e. The van der Waals surface area contributed by atoms with Crippen LogP contribution in [-0.4, -0.2) is 22.2 Å². The van der Waals surface area contributed by atoms with Crippen molar-refractivity contribution in [1.82, 2.24) is 10.4 Å². The molecule has 2 rings (SSSR count). The minimum absolute atomic E-state index is 0.217. The summed E-state index contributed by atoms with van der Waals surface area (Å²) in [5.74, 6) is -0.0487. The largest absolute Gasteiger partial charge is 0.507 e. The molecular formula is C21H27N3O2. The van der Waals surface area contributed by atoms with Crippen LogP contribution in [-0.2, 0) is 10.8 Å². The number of aromatic hydroxyl groups is 1. The van der Waals surface area contributed by atoms with Crippen molar-refractivity contribution in [3.63, 3.8) is 0 Å². The monoisotopic (exact) mass is 353 g/mol. The summed E-state index contributed by atoms with van der Waals surface area (Å²) in [6.07, 6.45) is 3.15. The molecule has 1 amide bonds. The standard InChI is InChI=1S/C21H27N3O2/c1-20(2,3)15-11-14(12-16(18(15)25)21(4,5)6)13-23-24-19(26)17-9-7-8-10-22-17/h7-13,25H,1-6H3,(H,24,26). The van der Waals surface area contributed by atoms with Crippen LogP contribution in [0.4, 0.5) is 0 Å². The molecule has 0 fully saturated rings. The Hall–Kier alpha value is -2.69. The van der Waals surface area contributed by atoms with E-state index < -0.39 is 0 Å². The zero-order chi connectivity index (χ0) is 19.5. The van der Waals surface area contributed by atoms with Gasteiger partial charge in [-0.3, -0.25) is 9.78 Å². The molecule has 1 heterocycles. The molecule has 26 heavy (non-hydrogen) atoms. The maximum atomic E-state index is 12.0. The first-order chi connectivity index (χ1) is 12.0. The highest BCUT2D eigenvalue weighted by atomic mass is 16.3. The summed E-state index contributed by atoms with van der Waals surface area (Å²) in [6, 6.07) is 8.93.